The van der Waals surface area contributed by atoms with Crippen molar-refractivity contribution in [3.05, 3.63) is 18.1 Å². The average Bonchev–Trinajstić information content (AvgIpc) is 2.25. The Balaban J connectivity index is 2.73. The maximum Gasteiger partial charge on any atom is 0.269 e. The van der Waals surface area contributed by atoms with Crippen LogP contribution in [0.1, 0.15) is 10.5 Å². The number of aliphatic hydroxyl groups excluding tert-OH is 1. The minimum Gasteiger partial charge on any atom is -0.395 e. The maximum absolute atomic E-state index is 11.2. The first-order chi connectivity index (χ1) is 6.77. The predicted octanol–water partition coefficient (Wildman–Crippen LogP) is -0.760. The summed E-state index contributed by atoms with van der Waals surface area (Å²) in [5.41, 5.74) is 0.294. The lowest BCUT2D eigenvalue weighted by Crippen LogP contribution is -2.19. The van der Waals surface area contributed by atoms with Gasteiger partial charge in [-0.25, -0.2) is 9.97 Å². The van der Waals surface area contributed by atoms with Crippen molar-refractivity contribution in [2.75, 3.05) is 25.5 Å². The fourth-order valence-corrected chi connectivity index (χ4v) is 0.890. The van der Waals surface area contributed by atoms with Crippen LogP contribution >= 0.6 is 0 Å². The van der Waals surface area contributed by atoms with Crippen LogP contribution in [0.4, 0.5) is 5.82 Å². The van der Waals surface area contributed by atoms with E-state index in [1.54, 1.807) is 0 Å². The highest BCUT2D eigenvalue weighted by atomic mass is 16.3. The Morgan fingerprint density at radius 3 is 3.00 bits per heavy atom. The molecular weight excluding hydrogens is 184 g/mol. The number of aromatic nitrogens is 2. The van der Waals surface area contributed by atoms with Crippen molar-refractivity contribution >= 4 is 11.7 Å². The van der Waals surface area contributed by atoms with Crippen LogP contribution in [0.25, 0.3) is 0 Å². The average molecular weight is 196 g/mol. The molecule has 1 rings (SSSR count). The van der Waals surface area contributed by atoms with E-state index in [0.717, 1.165) is 0 Å². The van der Waals surface area contributed by atoms with Gasteiger partial charge in [-0.05, 0) is 0 Å². The summed E-state index contributed by atoms with van der Waals surface area (Å²) in [4.78, 5) is 18.8. The van der Waals surface area contributed by atoms with Crippen molar-refractivity contribution in [3.8, 4) is 0 Å². The summed E-state index contributed by atoms with van der Waals surface area (Å²) in [5.74, 6) is 0.257. The van der Waals surface area contributed by atoms with Crippen molar-refractivity contribution < 1.29 is 9.90 Å². The number of amides is 1. The van der Waals surface area contributed by atoms with Crippen LogP contribution < -0.4 is 10.6 Å². The van der Waals surface area contributed by atoms with Crippen LogP contribution in [0, 0.1) is 0 Å². The van der Waals surface area contributed by atoms with Crippen molar-refractivity contribution in [2.24, 2.45) is 0 Å². The quantitative estimate of drug-likeness (QED) is 0.589. The monoisotopic (exact) mass is 196 g/mol. The van der Waals surface area contributed by atoms with Gasteiger partial charge in [-0.1, -0.05) is 0 Å². The first-order valence-corrected chi connectivity index (χ1v) is 4.16. The second-order valence-corrected chi connectivity index (χ2v) is 2.52. The maximum atomic E-state index is 11.2. The molecule has 0 aliphatic carbocycles. The Bertz CT molecular complexity index is 316. The minimum absolute atomic E-state index is 0.0132. The first-order valence-electron chi connectivity index (χ1n) is 4.16. The molecule has 0 aromatic carbocycles. The smallest absolute Gasteiger partial charge is 0.269 e. The molecule has 1 heterocycles. The SMILES string of the molecule is CNC(=O)c1cc(NCCO)ncn1. The molecule has 0 bridgehead atoms. The topological polar surface area (TPSA) is 87.1 Å². The molecule has 0 saturated heterocycles. The molecule has 3 N–H and O–H groups in total. The van der Waals surface area contributed by atoms with Gasteiger partial charge in [-0.2, -0.15) is 0 Å². The number of hydrogen-bond donors (Lipinski definition) is 3. The highest BCUT2D eigenvalue weighted by Gasteiger charge is 2.05. The van der Waals surface area contributed by atoms with Crippen molar-refractivity contribution in [1.29, 1.82) is 0 Å². The molecule has 1 aromatic heterocycles. The van der Waals surface area contributed by atoms with Crippen LogP contribution in [0.2, 0.25) is 0 Å². The van der Waals surface area contributed by atoms with Gasteiger partial charge in [0.15, 0.2) is 0 Å². The molecule has 6 nitrogen and oxygen atoms in total. The van der Waals surface area contributed by atoms with E-state index in [2.05, 4.69) is 20.6 Å². The molecule has 0 radical (unpaired) electrons. The van der Waals surface area contributed by atoms with E-state index in [4.69, 9.17) is 5.11 Å². The Labute approximate surface area is 81.4 Å². The van der Waals surface area contributed by atoms with Crippen LogP contribution in [-0.4, -0.2) is 41.2 Å². The van der Waals surface area contributed by atoms with Gasteiger partial charge in [-0.3, -0.25) is 4.79 Å². The zero-order chi connectivity index (χ0) is 10.4. The van der Waals surface area contributed by atoms with Crippen molar-refractivity contribution in [3.63, 3.8) is 0 Å². The molecule has 76 valence electrons. The lowest BCUT2D eigenvalue weighted by Gasteiger charge is -2.03. The molecule has 0 atom stereocenters. The third-order valence-electron chi connectivity index (χ3n) is 1.54. The van der Waals surface area contributed by atoms with E-state index < -0.39 is 0 Å². The summed E-state index contributed by atoms with van der Waals surface area (Å²) < 4.78 is 0. The van der Waals surface area contributed by atoms with Gasteiger partial charge < -0.3 is 15.7 Å². The third-order valence-corrected chi connectivity index (χ3v) is 1.54. The minimum atomic E-state index is -0.264. The van der Waals surface area contributed by atoms with Crippen LogP contribution in [0.3, 0.4) is 0 Å². The number of carbonyl (C=O) groups is 1. The molecule has 0 aliphatic rings. The number of carbonyl (C=O) groups excluding carboxylic acids is 1. The lowest BCUT2D eigenvalue weighted by atomic mass is 10.3. The van der Waals surface area contributed by atoms with Gasteiger partial charge in [-0.15, -0.1) is 0 Å². The third kappa shape index (κ3) is 2.67. The van der Waals surface area contributed by atoms with E-state index >= 15 is 0 Å². The molecule has 0 spiro atoms. The highest BCUT2D eigenvalue weighted by molar-refractivity contribution is 5.92. The van der Waals surface area contributed by atoms with Crippen LogP contribution in [0.5, 0.6) is 0 Å². The largest absolute Gasteiger partial charge is 0.395 e. The number of nitrogens with one attached hydrogen (secondary N) is 2. The van der Waals surface area contributed by atoms with E-state index in [-0.39, 0.29) is 12.5 Å². The predicted molar refractivity (Wildman–Crippen MR) is 51.0 cm³/mol. The lowest BCUT2D eigenvalue weighted by molar-refractivity contribution is 0.0958. The second-order valence-electron chi connectivity index (χ2n) is 2.52. The van der Waals surface area contributed by atoms with Crippen molar-refractivity contribution in [1.82, 2.24) is 15.3 Å². The number of hydrogen-bond acceptors (Lipinski definition) is 5. The summed E-state index contributed by atoms with van der Waals surface area (Å²) in [5, 5.41) is 13.9. The second kappa shape index (κ2) is 5.13. The molecule has 14 heavy (non-hydrogen) atoms. The number of rotatable bonds is 4. The number of anilines is 1. The van der Waals surface area contributed by atoms with Gasteiger partial charge >= 0.3 is 0 Å². The normalized spacial score (nSPS) is 9.57. The zero-order valence-electron chi connectivity index (χ0n) is 7.82. The van der Waals surface area contributed by atoms with E-state index in [1.165, 1.54) is 19.4 Å². The van der Waals surface area contributed by atoms with E-state index in [1.807, 2.05) is 0 Å². The van der Waals surface area contributed by atoms with Gasteiger partial charge in [0.25, 0.3) is 5.91 Å². The Kier molecular flexibility index (Phi) is 3.81. The molecule has 6 heteroatoms. The van der Waals surface area contributed by atoms with E-state index in [9.17, 15) is 4.79 Å². The summed E-state index contributed by atoms with van der Waals surface area (Å²) in [6.45, 7) is 0.406. The summed E-state index contributed by atoms with van der Waals surface area (Å²) in [6, 6.07) is 1.52. The molecule has 1 amide bonds. The Morgan fingerprint density at radius 2 is 2.36 bits per heavy atom. The van der Waals surface area contributed by atoms with Crippen LogP contribution in [0.15, 0.2) is 12.4 Å². The molecule has 0 aliphatic heterocycles. The first kappa shape index (κ1) is 10.4. The number of aliphatic hydroxyl groups is 1. The fourth-order valence-electron chi connectivity index (χ4n) is 0.890. The Hall–Kier alpha value is -1.69. The summed E-state index contributed by atoms with van der Waals surface area (Å²) >= 11 is 0. The van der Waals surface area contributed by atoms with Gasteiger partial charge in [0.05, 0.1) is 6.61 Å². The standard InChI is InChI=1S/C8H12N4O2/c1-9-8(14)6-4-7(10-2-3-13)12-5-11-6/h4-5,13H,2-3H2,1H3,(H,9,14)(H,10,11,12). The summed E-state index contributed by atoms with van der Waals surface area (Å²) in [7, 11) is 1.53. The highest BCUT2D eigenvalue weighted by Crippen LogP contribution is 2.02. The Morgan fingerprint density at radius 1 is 1.57 bits per heavy atom. The van der Waals surface area contributed by atoms with Gasteiger partial charge in [0.1, 0.15) is 17.8 Å². The zero-order valence-corrected chi connectivity index (χ0v) is 7.82. The number of nitrogens with zero attached hydrogens (tertiary/aromatic N) is 2. The van der Waals surface area contributed by atoms with Crippen LogP contribution in [-0.2, 0) is 0 Å². The summed E-state index contributed by atoms with van der Waals surface area (Å²) in [6.07, 6.45) is 1.30. The molecule has 0 unspecified atom stereocenters. The molecule has 1 aromatic rings. The molecule has 0 saturated carbocycles. The molecular formula is C8H12N4O2. The van der Waals surface area contributed by atoms with Gasteiger partial charge in [0.2, 0.25) is 0 Å². The van der Waals surface area contributed by atoms with Crippen molar-refractivity contribution in [2.45, 2.75) is 0 Å². The van der Waals surface area contributed by atoms with Gasteiger partial charge in [0, 0.05) is 19.7 Å². The molecule has 0 fully saturated rings. The van der Waals surface area contributed by atoms with E-state index in [0.29, 0.717) is 18.1 Å². The fraction of sp³-hybridized carbons (Fsp3) is 0.375.